The van der Waals surface area contributed by atoms with Crippen LogP contribution in [0.4, 0.5) is 5.69 Å². The number of sulfonamides is 1. The second-order valence-electron chi connectivity index (χ2n) is 7.30. The van der Waals surface area contributed by atoms with Gasteiger partial charge in [-0.2, -0.15) is 4.31 Å². The maximum atomic E-state index is 13.0. The molecule has 2 aromatic carbocycles. The lowest BCUT2D eigenvalue weighted by Crippen LogP contribution is -2.48. The van der Waals surface area contributed by atoms with E-state index in [0.29, 0.717) is 56.5 Å². The van der Waals surface area contributed by atoms with E-state index in [4.69, 9.17) is 9.47 Å². The summed E-state index contributed by atoms with van der Waals surface area (Å²) in [7, 11) is -1.95. The lowest BCUT2D eigenvalue weighted by molar-refractivity contribution is -0.114. The molecule has 0 saturated carbocycles. The number of nitrogens with one attached hydrogen (secondary N) is 1. The van der Waals surface area contributed by atoms with Crippen molar-refractivity contribution in [2.24, 2.45) is 0 Å². The number of anilines is 1. The number of hydrogen-bond donors (Lipinski definition) is 1. The van der Waals surface area contributed by atoms with Crippen LogP contribution in [0.25, 0.3) is 0 Å². The molecule has 2 aromatic rings. The summed E-state index contributed by atoms with van der Waals surface area (Å²) in [5.41, 5.74) is 1.66. The zero-order valence-electron chi connectivity index (χ0n) is 18.1. The van der Waals surface area contributed by atoms with Gasteiger partial charge in [0.25, 0.3) is 0 Å². The molecular weight excluding hydrogens is 418 g/mol. The van der Waals surface area contributed by atoms with Crippen LogP contribution in [0.1, 0.15) is 19.4 Å². The van der Waals surface area contributed by atoms with Crippen LogP contribution >= 0.6 is 0 Å². The van der Waals surface area contributed by atoms with Crippen molar-refractivity contribution in [1.82, 2.24) is 9.21 Å². The third kappa shape index (κ3) is 5.75. The summed E-state index contributed by atoms with van der Waals surface area (Å²) in [6.07, 6.45) is 0. The Kier molecular flexibility index (Phi) is 7.53. The van der Waals surface area contributed by atoms with Gasteiger partial charge in [0.2, 0.25) is 15.9 Å². The number of piperazine rings is 1. The highest BCUT2D eigenvalue weighted by molar-refractivity contribution is 7.89. The molecule has 1 N–H and O–H groups in total. The van der Waals surface area contributed by atoms with Crippen LogP contribution in [-0.2, 0) is 21.4 Å². The molecule has 1 saturated heterocycles. The van der Waals surface area contributed by atoms with Crippen LogP contribution in [0.3, 0.4) is 0 Å². The maximum Gasteiger partial charge on any atom is 0.243 e. The molecule has 168 valence electrons. The molecule has 3 rings (SSSR count). The van der Waals surface area contributed by atoms with Gasteiger partial charge >= 0.3 is 0 Å². The van der Waals surface area contributed by atoms with E-state index in [1.807, 2.05) is 25.1 Å². The van der Waals surface area contributed by atoms with E-state index >= 15 is 0 Å². The van der Waals surface area contributed by atoms with Crippen molar-refractivity contribution < 1.29 is 22.7 Å². The molecule has 0 aromatic heterocycles. The van der Waals surface area contributed by atoms with Gasteiger partial charge in [-0.25, -0.2) is 8.42 Å². The molecule has 0 aliphatic carbocycles. The minimum absolute atomic E-state index is 0.197. The van der Waals surface area contributed by atoms with Gasteiger partial charge in [-0.15, -0.1) is 0 Å². The van der Waals surface area contributed by atoms with Crippen molar-refractivity contribution in [2.75, 3.05) is 45.2 Å². The number of carbonyl (C=O) groups is 1. The zero-order valence-corrected chi connectivity index (χ0v) is 18.9. The summed E-state index contributed by atoms with van der Waals surface area (Å²) >= 11 is 0. The molecule has 1 amide bonds. The van der Waals surface area contributed by atoms with Gasteiger partial charge < -0.3 is 14.8 Å². The van der Waals surface area contributed by atoms with Crippen molar-refractivity contribution in [2.45, 2.75) is 25.3 Å². The zero-order chi connectivity index (χ0) is 22.4. The Balaban J connectivity index is 1.61. The van der Waals surface area contributed by atoms with E-state index in [0.717, 1.165) is 5.56 Å². The van der Waals surface area contributed by atoms with E-state index in [-0.39, 0.29) is 10.8 Å². The molecule has 8 nitrogen and oxygen atoms in total. The number of carbonyl (C=O) groups excluding carboxylic acids is 1. The Bertz CT molecular complexity index is 1000. The summed E-state index contributed by atoms with van der Waals surface area (Å²) in [5.74, 6) is 1.22. The number of hydrogen-bond acceptors (Lipinski definition) is 6. The first-order valence-corrected chi connectivity index (χ1v) is 11.7. The number of benzene rings is 2. The lowest BCUT2D eigenvalue weighted by Gasteiger charge is -2.34. The lowest BCUT2D eigenvalue weighted by atomic mass is 10.1. The quantitative estimate of drug-likeness (QED) is 0.669. The average molecular weight is 448 g/mol. The fourth-order valence-electron chi connectivity index (χ4n) is 3.54. The van der Waals surface area contributed by atoms with Crippen molar-refractivity contribution >= 4 is 21.6 Å². The third-order valence-corrected chi connectivity index (χ3v) is 6.99. The number of nitrogens with zero attached hydrogens (tertiary/aromatic N) is 2. The molecule has 0 spiro atoms. The van der Waals surface area contributed by atoms with E-state index in [2.05, 4.69) is 10.2 Å². The second kappa shape index (κ2) is 10.1. The van der Waals surface area contributed by atoms with E-state index in [9.17, 15) is 13.2 Å². The SMILES string of the molecule is CCOc1cc(CN2CCN(S(=O)(=O)c3ccc(NC(C)=O)cc3)CC2)ccc1OC. The van der Waals surface area contributed by atoms with Gasteiger partial charge in [0.15, 0.2) is 11.5 Å². The van der Waals surface area contributed by atoms with Crippen molar-refractivity contribution in [3.05, 3.63) is 48.0 Å². The van der Waals surface area contributed by atoms with Crippen molar-refractivity contribution in [1.29, 1.82) is 0 Å². The highest BCUT2D eigenvalue weighted by Crippen LogP contribution is 2.29. The second-order valence-corrected chi connectivity index (χ2v) is 9.24. The van der Waals surface area contributed by atoms with E-state index in [1.54, 1.807) is 19.2 Å². The number of methoxy groups -OCH3 is 1. The third-order valence-electron chi connectivity index (χ3n) is 5.08. The maximum absolute atomic E-state index is 13.0. The fourth-order valence-corrected chi connectivity index (χ4v) is 4.96. The summed E-state index contributed by atoms with van der Waals surface area (Å²) < 4.78 is 38.4. The van der Waals surface area contributed by atoms with Gasteiger partial charge in [0, 0.05) is 45.3 Å². The smallest absolute Gasteiger partial charge is 0.243 e. The molecule has 0 radical (unpaired) electrons. The Hall–Kier alpha value is -2.62. The molecule has 0 bridgehead atoms. The monoisotopic (exact) mass is 447 g/mol. The summed E-state index contributed by atoms with van der Waals surface area (Å²) in [6.45, 7) is 6.73. The Morgan fingerprint density at radius 1 is 1.03 bits per heavy atom. The minimum atomic E-state index is -3.57. The molecule has 0 atom stereocenters. The first-order chi connectivity index (χ1) is 14.8. The standard InChI is InChI=1S/C22H29N3O5S/c1-4-30-22-15-18(5-10-21(22)29-3)16-24-11-13-25(14-12-24)31(27,28)20-8-6-19(7-9-20)23-17(2)26/h5-10,15H,4,11-14,16H2,1-3H3,(H,23,26). The minimum Gasteiger partial charge on any atom is -0.493 e. The average Bonchev–Trinajstić information content (AvgIpc) is 2.75. The van der Waals surface area contributed by atoms with Crippen LogP contribution in [0, 0.1) is 0 Å². The molecule has 1 heterocycles. The number of amides is 1. The largest absolute Gasteiger partial charge is 0.493 e. The van der Waals surface area contributed by atoms with Gasteiger partial charge in [-0.1, -0.05) is 6.07 Å². The van der Waals surface area contributed by atoms with Crippen LogP contribution in [0.15, 0.2) is 47.4 Å². The highest BCUT2D eigenvalue weighted by atomic mass is 32.2. The molecular formula is C22H29N3O5S. The molecule has 0 unspecified atom stereocenters. The van der Waals surface area contributed by atoms with E-state index in [1.165, 1.54) is 23.4 Å². The molecule has 31 heavy (non-hydrogen) atoms. The van der Waals surface area contributed by atoms with Crippen LogP contribution in [0.2, 0.25) is 0 Å². The molecule has 1 aliphatic heterocycles. The Morgan fingerprint density at radius 3 is 2.29 bits per heavy atom. The normalized spacial score (nSPS) is 15.5. The Morgan fingerprint density at radius 2 is 1.71 bits per heavy atom. The molecule has 9 heteroatoms. The Labute approximate surface area is 183 Å². The van der Waals surface area contributed by atoms with Gasteiger partial charge in [-0.05, 0) is 48.9 Å². The van der Waals surface area contributed by atoms with E-state index < -0.39 is 10.0 Å². The van der Waals surface area contributed by atoms with Crippen LogP contribution in [0.5, 0.6) is 11.5 Å². The highest BCUT2D eigenvalue weighted by Gasteiger charge is 2.28. The summed E-state index contributed by atoms with van der Waals surface area (Å²) in [6, 6.07) is 12.1. The summed E-state index contributed by atoms with van der Waals surface area (Å²) in [5, 5.41) is 2.64. The number of ether oxygens (including phenoxy) is 2. The van der Waals surface area contributed by atoms with Crippen LogP contribution in [-0.4, -0.2) is 63.4 Å². The first kappa shape index (κ1) is 23.1. The van der Waals surface area contributed by atoms with Gasteiger partial charge in [-0.3, -0.25) is 9.69 Å². The number of rotatable bonds is 8. The van der Waals surface area contributed by atoms with Gasteiger partial charge in [0.05, 0.1) is 18.6 Å². The molecule has 1 fully saturated rings. The predicted octanol–water partition coefficient (Wildman–Crippen LogP) is 2.56. The van der Waals surface area contributed by atoms with Gasteiger partial charge in [0.1, 0.15) is 0 Å². The van der Waals surface area contributed by atoms with Crippen LogP contribution < -0.4 is 14.8 Å². The van der Waals surface area contributed by atoms with Crippen molar-refractivity contribution in [3.8, 4) is 11.5 Å². The van der Waals surface area contributed by atoms with Crippen molar-refractivity contribution in [3.63, 3.8) is 0 Å². The predicted molar refractivity (Wildman–Crippen MR) is 119 cm³/mol. The topological polar surface area (TPSA) is 88.2 Å². The first-order valence-electron chi connectivity index (χ1n) is 10.2. The summed E-state index contributed by atoms with van der Waals surface area (Å²) in [4.78, 5) is 13.6. The fraction of sp³-hybridized carbons (Fsp3) is 0.409. The molecule has 1 aliphatic rings.